The van der Waals surface area contributed by atoms with Crippen LogP contribution in [0.2, 0.25) is 0 Å². The molecule has 0 aliphatic carbocycles. The maximum atomic E-state index is 12.0. The Balaban J connectivity index is 1.98. The molecule has 2 aromatic carbocycles. The number of carbonyl (C=O) groups is 1. The van der Waals surface area contributed by atoms with E-state index >= 15 is 0 Å². The van der Waals surface area contributed by atoms with Gasteiger partial charge in [-0.15, -0.1) is 0 Å². The number of fused-ring (bicyclic) bond motifs is 2. The third-order valence-corrected chi connectivity index (χ3v) is 4.44. The van der Waals surface area contributed by atoms with Gasteiger partial charge in [0.25, 0.3) is 0 Å². The summed E-state index contributed by atoms with van der Waals surface area (Å²) in [5, 5.41) is 9.81. The zero-order chi connectivity index (χ0) is 16.2. The van der Waals surface area contributed by atoms with Gasteiger partial charge in [-0.2, -0.15) is 0 Å². The maximum Gasteiger partial charge on any atom is 0.315 e. The van der Waals surface area contributed by atoms with Gasteiger partial charge in [-0.3, -0.25) is 4.79 Å². The smallest absolute Gasteiger partial charge is 0.315 e. The van der Waals surface area contributed by atoms with Crippen molar-refractivity contribution in [3.63, 3.8) is 0 Å². The molecule has 0 radical (unpaired) electrons. The van der Waals surface area contributed by atoms with Crippen LogP contribution in [0.1, 0.15) is 55.2 Å². The molecule has 1 atom stereocenters. The summed E-state index contributed by atoms with van der Waals surface area (Å²) >= 11 is 0. The van der Waals surface area contributed by atoms with Crippen LogP contribution in [-0.2, 0) is 11.2 Å². The van der Waals surface area contributed by atoms with E-state index in [2.05, 4.69) is 6.92 Å². The maximum absolute atomic E-state index is 12.0. The number of para-hydroxylation sites is 1. The summed E-state index contributed by atoms with van der Waals surface area (Å²) in [7, 11) is 0. The number of aryl methyl sites for hydroxylation is 1. The Morgan fingerprint density at radius 2 is 1.83 bits per heavy atom. The molecular weight excluding hydrogens is 288 g/mol. The number of benzene rings is 2. The van der Waals surface area contributed by atoms with Gasteiger partial charge < -0.3 is 9.84 Å². The molecular formula is C20H22O3. The van der Waals surface area contributed by atoms with Crippen LogP contribution in [0.4, 0.5) is 0 Å². The first-order chi connectivity index (χ1) is 11.2. The molecule has 2 aromatic rings. The summed E-state index contributed by atoms with van der Waals surface area (Å²) in [4.78, 5) is 12.0. The van der Waals surface area contributed by atoms with E-state index in [1.165, 1.54) is 19.3 Å². The Labute approximate surface area is 136 Å². The molecule has 0 saturated carbocycles. The highest BCUT2D eigenvalue weighted by atomic mass is 16.5. The van der Waals surface area contributed by atoms with Gasteiger partial charge in [-0.05, 0) is 30.5 Å². The molecule has 3 nitrogen and oxygen atoms in total. The quantitative estimate of drug-likeness (QED) is 0.752. The molecule has 0 spiro atoms. The molecule has 1 aliphatic rings. The van der Waals surface area contributed by atoms with Crippen molar-refractivity contribution >= 4 is 5.97 Å². The zero-order valence-electron chi connectivity index (χ0n) is 13.4. The summed E-state index contributed by atoms with van der Waals surface area (Å²) in [6.07, 6.45) is 5.57. The van der Waals surface area contributed by atoms with Gasteiger partial charge in [0.2, 0.25) is 0 Å². The van der Waals surface area contributed by atoms with Gasteiger partial charge in [0.1, 0.15) is 17.4 Å². The van der Waals surface area contributed by atoms with Crippen LogP contribution in [-0.4, -0.2) is 11.1 Å². The van der Waals surface area contributed by atoms with E-state index < -0.39 is 11.9 Å². The number of hydrogen-bond acceptors (Lipinski definition) is 2. The molecule has 23 heavy (non-hydrogen) atoms. The van der Waals surface area contributed by atoms with Crippen LogP contribution in [0.15, 0.2) is 42.5 Å². The molecule has 0 fully saturated rings. The Morgan fingerprint density at radius 1 is 1.04 bits per heavy atom. The number of carboxylic acids is 1. The third kappa shape index (κ3) is 3.09. The molecule has 1 unspecified atom stereocenters. The van der Waals surface area contributed by atoms with Gasteiger partial charge in [0.15, 0.2) is 0 Å². The second kappa shape index (κ2) is 6.86. The van der Waals surface area contributed by atoms with E-state index in [9.17, 15) is 9.90 Å². The largest absolute Gasteiger partial charge is 0.481 e. The summed E-state index contributed by atoms with van der Waals surface area (Å²) in [6, 6.07) is 13.3. The Hall–Kier alpha value is -2.29. The molecule has 1 heterocycles. The minimum Gasteiger partial charge on any atom is -0.481 e. The van der Waals surface area contributed by atoms with E-state index in [4.69, 9.17) is 4.74 Å². The van der Waals surface area contributed by atoms with E-state index in [0.717, 1.165) is 29.5 Å². The molecule has 1 aliphatic heterocycles. The van der Waals surface area contributed by atoms with Crippen molar-refractivity contribution in [3.05, 3.63) is 59.2 Å². The summed E-state index contributed by atoms with van der Waals surface area (Å²) < 4.78 is 5.96. The Morgan fingerprint density at radius 3 is 2.61 bits per heavy atom. The lowest BCUT2D eigenvalue weighted by atomic mass is 9.84. The summed E-state index contributed by atoms with van der Waals surface area (Å²) in [5.41, 5.74) is 2.67. The number of unbranched alkanes of at least 4 members (excludes halogenated alkanes) is 3. The van der Waals surface area contributed by atoms with Crippen molar-refractivity contribution in [1.82, 2.24) is 0 Å². The monoisotopic (exact) mass is 310 g/mol. The van der Waals surface area contributed by atoms with Gasteiger partial charge in [-0.25, -0.2) is 0 Å². The van der Waals surface area contributed by atoms with Crippen LogP contribution in [0.3, 0.4) is 0 Å². The van der Waals surface area contributed by atoms with Gasteiger partial charge in [-0.1, -0.05) is 56.5 Å². The van der Waals surface area contributed by atoms with Gasteiger partial charge in [0.05, 0.1) is 0 Å². The fourth-order valence-corrected chi connectivity index (χ4v) is 3.31. The first-order valence-corrected chi connectivity index (χ1v) is 8.33. The lowest BCUT2D eigenvalue weighted by Crippen LogP contribution is -2.20. The van der Waals surface area contributed by atoms with Crippen molar-refractivity contribution in [2.24, 2.45) is 0 Å². The number of ether oxygens (including phenoxy) is 1. The zero-order valence-corrected chi connectivity index (χ0v) is 13.4. The highest BCUT2D eigenvalue weighted by Gasteiger charge is 2.34. The Bertz CT molecular complexity index is 706. The van der Waals surface area contributed by atoms with Crippen LogP contribution in [0, 0.1) is 0 Å². The van der Waals surface area contributed by atoms with Crippen molar-refractivity contribution < 1.29 is 14.6 Å². The number of hydrogen-bond donors (Lipinski definition) is 1. The van der Waals surface area contributed by atoms with Gasteiger partial charge >= 0.3 is 5.97 Å². The number of rotatable bonds is 6. The first-order valence-electron chi connectivity index (χ1n) is 8.33. The molecule has 3 rings (SSSR count). The van der Waals surface area contributed by atoms with Crippen LogP contribution in [0.5, 0.6) is 11.5 Å². The minimum absolute atomic E-state index is 0.641. The van der Waals surface area contributed by atoms with Crippen LogP contribution in [0.25, 0.3) is 0 Å². The van der Waals surface area contributed by atoms with Crippen molar-refractivity contribution in [1.29, 1.82) is 0 Å². The molecule has 0 saturated heterocycles. The topological polar surface area (TPSA) is 46.5 Å². The third-order valence-electron chi connectivity index (χ3n) is 4.44. The SMILES string of the molecule is CCCCCCc1cccc2c1C(C(=O)O)c1ccccc1O2. The number of aliphatic carboxylic acids is 1. The highest BCUT2D eigenvalue weighted by molar-refractivity contribution is 5.84. The normalized spacial score (nSPS) is 15.4. The van der Waals surface area contributed by atoms with E-state index in [1.807, 2.05) is 42.5 Å². The summed E-state index contributed by atoms with van der Waals surface area (Å²) in [5.74, 6) is -0.125. The predicted octanol–water partition coefficient (Wildman–Crippen LogP) is 5.13. The lowest BCUT2D eigenvalue weighted by molar-refractivity contribution is -0.137. The molecule has 120 valence electrons. The van der Waals surface area contributed by atoms with E-state index in [-0.39, 0.29) is 0 Å². The van der Waals surface area contributed by atoms with Crippen molar-refractivity contribution in [3.8, 4) is 11.5 Å². The second-order valence-electron chi connectivity index (χ2n) is 6.05. The Kier molecular flexibility index (Phi) is 4.65. The molecule has 3 heteroatoms. The van der Waals surface area contributed by atoms with E-state index in [1.54, 1.807) is 0 Å². The van der Waals surface area contributed by atoms with Crippen LogP contribution < -0.4 is 4.74 Å². The standard InChI is InChI=1S/C20H22O3/c1-2-3-4-5-9-14-10-8-13-17-18(14)19(20(21)22)15-11-6-7-12-16(15)23-17/h6-8,10-13,19H,2-5,9H2,1H3,(H,21,22). The minimum atomic E-state index is -0.817. The fraction of sp³-hybridized carbons (Fsp3) is 0.350. The van der Waals surface area contributed by atoms with Crippen molar-refractivity contribution in [2.45, 2.75) is 44.9 Å². The molecule has 0 bridgehead atoms. The number of carboxylic acid groups (broad SMARTS) is 1. The fourth-order valence-electron chi connectivity index (χ4n) is 3.31. The van der Waals surface area contributed by atoms with Gasteiger partial charge in [0, 0.05) is 11.1 Å². The van der Waals surface area contributed by atoms with E-state index in [0.29, 0.717) is 11.5 Å². The second-order valence-corrected chi connectivity index (χ2v) is 6.05. The highest BCUT2D eigenvalue weighted by Crippen LogP contribution is 2.45. The first kappa shape index (κ1) is 15.6. The van der Waals surface area contributed by atoms with Crippen molar-refractivity contribution in [2.75, 3.05) is 0 Å². The molecule has 1 N–H and O–H groups in total. The average molecular weight is 310 g/mol. The molecule has 0 aromatic heterocycles. The van der Waals surface area contributed by atoms with Crippen LogP contribution >= 0.6 is 0 Å². The average Bonchev–Trinajstić information content (AvgIpc) is 2.56. The lowest BCUT2D eigenvalue weighted by Gasteiger charge is -2.27. The molecule has 0 amide bonds. The summed E-state index contributed by atoms with van der Waals surface area (Å²) in [6.45, 7) is 2.19. The predicted molar refractivity (Wildman–Crippen MR) is 90.3 cm³/mol.